The number of hydrogen-bond donors (Lipinski definition) is 1. The highest BCUT2D eigenvalue weighted by Gasteiger charge is 2.35. The van der Waals surface area contributed by atoms with Crippen LogP contribution in [0.25, 0.3) is 0 Å². The second kappa shape index (κ2) is 11.2. The van der Waals surface area contributed by atoms with Crippen LogP contribution in [0.15, 0.2) is 71.7 Å². The number of anilines is 1. The van der Waals surface area contributed by atoms with Gasteiger partial charge in [0.1, 0.15) is 11.7 Å². The highest BCUT2D eigenvalue weighted by molar-refractivity contribution is 6.24. The topological polar surface area (TPSA) is 91.3 Å². The maximum atomic E-state index is 13.9. The molecule has 1 fully saturated rings. The van der Waals surface area contributed by atoms with Gasteiger partial charge in [0.2, 0.25) is 5.91 Å². The highest BCUT2D eigenvalue weighted by atomic mass is 19.1. The molecule has 1 N–H and O–H groups in total. The SMILES string of the molecule is COC(=O)Cc1ccc(C(=Nc2ccc(C(=O)N3CCN(C)CC3)cc2)C2C(=O)Nc3cc(F)ccc32)cc1. The van der Waals surface area contributed by atoms with Gasteiger partial charge in [0.05, 0.1) is 24.9 Å². The van der Waals surface area contributed by atoms with E-state index in [4.69, 9.17) is 9.73 Å². The van der Waals surface area contributed by atoms with E-state index < -0.39 is 11.7 Å². The summed E-state index contributed by atoms with van der Waals surface area (Å²) in [5.74, 6) is -1.89. The van der Waals surface area contributed by atoms with Crippen LogP contribution in [0.5, 0.6) is 0 Å². The van der Waals surface area contributed by atoms with Crippen LogP contribution in [0, 0.1) is 5.82 Å². The Morgan fingerprint density at radius 3 is 2.31 bits per heavy atom. The Morgan fingerprint density at radius 2 is 1.64 bits per heavy atom. The number of carbonyl (C=O) groups excluding carboxylic acids is 3. The average molecular weight is 529 g/mol. The molecule has 2 aliphatic heterocycles. The van der Waals surface area contributed by atoms with E-state index in [1.807, 2.05) is 11.9 Å². The zero-order valence-corrected chi connectivity index (χ0v) is 21.8. The second-order valence-corrected chi connectivity index (χ2v) is 9.74. The lowest BCUT2D eigenvalue weighted by Gasteiger charge is -2.32. The summed E-state index contributed by atoms with van der Waals surface area (Å²) in [6, 6.07) is 18.4. The number of hydrogen-bond acceptors (Lipinski definition) is 6. The van der Waals surface area contributed by atoms with Gasteiger partial charge in [-0.1, -0.05) is 30.3 Å². The molecule has 0 aliphatic carbocycles. The van der Waals surface area contributed by atoms with Gasteiger partial charge in [-0.05, 0) is 60.1 Å². The van der Waals surface area contributed by atoms with Crippen molar-refractivity contribution in [1.29, 1.82) is 0 Å². The van der Waals surface area contributed by atoms with Crippen LogP contribution in [0.2, 0.25) is 0 Å². The lowest BCUT2D eigenvalue weighted by Crippen LogP contribution is -2.47. The van der Waals surface area contributed by atoms with E-state index >= 15 is 0 Å². The third-order valence-electron chi connectivity index (χ3n) is 7.10. The van der Waals surface area contributed by atoms with Crippen LogP contribution in [-0.4, -0.2) is 73.6 Å². The first-order chi connectivity index (χ1) is 18.8. The van der Waals surface area contributed by atoms with Gasteiger partial charge in [0, 0.05) is 37.4 Å². The number of aliphatic imine (C=N–C) groups is 1. The average Bonchev–Trinajstić information content (AvgIpc) is 3.27. The molecule has 3 aromatic rings. The van der Waals surface area contributed by atoms with Crippen molar-refractivity contribution in [2.45, 2.75) is 12.3 Å². The molecule has 2 aliphatic rings. The van der Waals surface area contributed by atoms with Gasteiger partial charge in [0.25, 0.3) is 5.91 Å². The van der Waals surface area contributed by atoms with E-state index in [2.05, 4.69) is 10.2 Å². The number of rotatable bonds is 6. The molecule has 3 aromatic carbocycles. The molecule has 39 heavy (non-hydrogen) atoms. The number of piperazine rings is 1. The minimum atomic E-state index is -0.765. The number of carbonyl (C=O) groups is 3. The van der Waals surface area contributed by atoms with Gasteiger partial charge in [-0.15, -0.1) is 0 Å². The predicted octanol–water partition coefficient (Wildman–Crippen LogP) is 3.79. The summed E-state index contributed by atoms with van der Waals surface area (Å²) in [6.07, 6.45) is 0.123. The largest absolute Gasteiger partial charge is 0.469 e. The minimum absolute atomic E-state index is 0.0221. The van der Waals surface area contributed by atoms with Crippen molar-refractivity contribution < 1.29 is 23.5 Å². The van der Waals surface area contributed by atoms with E-state index in [1.165, 1.54) is 19.2 Å². The van der Waals surface area contributed by atoms with E-state index in [1.54, 1.807) is 54.6 Å². The first kappa shape index (κ1) is 26.2. The molecular weight excluding hydrogens is 499 g/mol. The number of esters is 1. The van der Waals surface area contributed by atoms with E-state index in [0.717, 1.165) is 18.7 Å². The summed E-state index contributed by atoms with van der Waals surface area (Å²) in [5.41, 5.74) is 4.09. The van der Waals surface area contributed by atoms with Crippen molar-refractivity contribution in [2.24, 2.45) is 4.99 Å². The van der Waals surface area contributed by atoms with Crippen LogP contribution in [0.1, 0.15) is 33.0 Å². The summed E-state index contributed by atoms with van der Waals surface area (Å²) >= 11 is 0. The summed E-state index contributed by atoms with van der Waals surface area (Å²) in [4.78, 5) is 46.7. The molecule has 2 amide bonds. The molecule has 8 nitrogen and oxygen atoms in total. The maximum Gasteiger partial charge on any atom is 0.309 e. The molecule has 0 spiro atoms. The fraction of sp³-hybridized carbons (Fsp3) is 0.267. The highest BCUT2D eigenvalue weighted by Crippen LogP contribution is 2.36. The molecule has 9 heteroatoms. The predicted molar refractivity (Wildman–Crippen MR) is 146 cm³/mol. The molecule has 1 atom stereocenters. The van der Waals surface area contributed by atoms with Crippen molar-refractivity contribution in [3.63, 3.8) is 0 Å². The number of nitrogens with one attached hydrogen (secondary N) is 1. The van der Waals surface area contributed by atoms with E-state index in [-0.39, 0.29) is 24.2 Å². The number of likely N-dealkylation sites (N-methyl/N-ethyl adjacent to an activating group) is 1. The molecule has 0 saturated carbocycles. The Morgan fingerprint density at radius 1 is 0.974 bits per heavy atom. The van der Waals surface area contributed by atoms with Gasteiger partial charge >= 0.3 is 5.97 Å². The minimum Gasteiger partial charge on any atom is -0.469 e. The van der Waals surface area contributed by atoms with Gasteiger partial charge < -0.3 is 19.9 Å². The Balaban J connectivity index is 1.48. The third kappa shape index (κ3) is 5.73. The van der Waals surface area contributed by atoms with E-state index in [0.29, 0.717) is 46.9 Å². The van der Waals surface area contributed by atoms with Crippen LogP contribution in [-0.2, 0) is 20.7 Å². The molecule has 0 radical (unpaired) electrons. The van der Waals surface area contributed by atoms with Gasteiger partial charge in [-0.2, -0.15) is 0 Å². The molecule has 0 aromatic heterocycles. The number of halogens is 1. The van der Waals surface area contributed by atoms with Crippen molar-refractivity contribution in [2.75, 3.05) is 45.7 Å². The first-order valence-corrected chi connectivity index (χ1v) is 12.8. The Hall–Kier alpha value is -4.37. The lowest BCUT2D eigenvalue weighted by molar-refractivity contribution is -0.139. The Kier molecular flexibility index (Phi) is 7.51. The number of methoxy groups -OCH3 is 1. The van der Waals surface area contributed by atoms with Crippen LogP contribution in [0.4, 0.5) is 15.8 Å². The molecular formula is C30H29FN4O4. The number of benzene rings is 3. The number of fused-ring (bicyclic) bond motifs is 1. The summed E-state index contributed by atoms with van der Waals surface area (Å²) in [7, 11) is 3.38. The van der Waals surface area contributed by atoms with Crippen molar-refractivity contribution in [3.05, 3.63) is 94.8 Å². The standard InChI is InChI=1S/C30H29FN4O4/c1-34-13-15-35(16-14-34)30(38)21-7-10-23(11-8-21)32-28(20-5-3-19(4-6-20)17-26(36)39-2)27-24-12-9-22(31)18-25(24)33-29(27)37/h3-12,18,27H,13-17H2,1-2H3,(H,33,37). The second-order valence-electron chi connectivity index (χ2n) is 9.74. The number of nitrogens with zero attached hydrogens (tertiary/aromatic N) is 3. The fourth-order valence-corrected chi connectivity index (χ4v) is 4.84. The van der Waals surface area contributed by atoms with Crippen LogP contribution in [0.3, 0.4) is 0 Å². The number of amides is 2. The summed E-state index contributed by atoms with van der Waals surface area (Å²) in [5, 5.41) is 2.76. The Bertz CT molecular complexity index is 1430. The first-order valence-electron chi connectivity index (χ1n) is 12.8. The number of ether oxygens (including phenoxy) is 1. The van der Waals surface area contributed by atoms with Crippen molar-refractivity contribution in [3.8, 4) is 0 Å². The van der Waals surface area contributed by atoms with Crippen molar-refractivity contribution >= 4 is 34.9 Å². The quantitative estimate of drug-likeness (QED) is 0.388. The normalized spacial score (nSPS) is 17.5. The smallest absolute Gasteiger partial charge is 0.309 e. The summed E-state index contributed by atoms with van der Waals surface area (Å²) < 4.78 is 18.6. The third-order valence-corrected chi connectivity index (χ3v) is 7.10. The van der Waals surface area contributed by atoms with Gasteiger partial charge in [-0.3, -0.25) is 19.4 Å². The molecule has 1 unspecified atom stereocenters. The van der Waals surface area contributed by atoms with Crippen molar-refractivity contribution in [1.82, 2.24) is 9.80 Å². The van der Waals surface area contributed by atoms with E-state index in [9.17, 15) is 18.8 Å². The van der Waals surface area contributed by atoms with Crippen LogP contribution < -0.4 is 5.32 Å². The maximum absolute atomic E-state index is 13.9. The molecule has 5 rings (SSSR count). The molecule has 0 bridgehead atoms. The summed E-state index contributed by atoms with van der Waals surface area (Å²) in [6.45, 7) is 3.04. The van der Waals surface area contributed by atoms with Crippen LogP contribution >= 0.6 is 0 Å². The lowest BCUT2D eigenvalue weighted by atomic mass is 9.90. The Labute approximate surface area is 226 Å². The molecule has 2 heterocycles. The zero-order valence-electron chi connectivity index (χ0n) is 21.8. The zero-order chi connectivity index (χ0) is 27.5. The molecule has 1 saturated heterocycles. The monoisotopic (exact) mass is 528 g/mol. The van der Waals surface area contributed by atoms with Gasteiger partial charge in [-0.25, -0.2) is 4.39 Å². The van der Waals surface area contributed by atoms with Gasteiger partial charge in [0.15, 0.2) is 0 Å². The fourth-order valence-electron chi connectivity index (χ4n) is 4.84. The molecule has 200 valence electrons.